The lowest BCUT2D eigenvalue weighted by atomic mass is 9.41. The van der Waals surface area contributed by atoms with Gasteiger partial charge in [0.25, 0.3) is 0 Å². The number of carbonyl (C=O) groups is 3. The Morgan fingerprint density at radius 1 is 0.563 bits per heavy atom. The third kappa shape index (κ3) is 14.5. The summed E-state index contributed by atoms with van der Waals surface area (Å²) in [6, 6.07) is 0. The van der Waals surface area contributed by atoms with Crippen molar-refractivity contribution in [3.63, 3.8) is 0 Å². The Morgan fingerprint density at radius 2 is 1.12 bits per heavy atom. The summed E-state index contributed by atoms with van der Waals surface area (Å²) < 4.78 is 103. The number of carbonyl (C=O) groups excluding carboxylic acids is 3. The lowest BCUT2D eigenvalue weighted by molar-refractivity contribution is -0.393. The van der Waals surface area contributed by atoms with Crippen molar-refractivity contribution in [2.24, 2.45) is 45.3 Å². The van der Waals surface area contributed by atoms with E-state index >= 15 is 4.79 Å². The van der Waals surface area contributed by atoms with Crippen LogP contribution in [0.1, 0.15) is 128 Å². The first-order valence-corrected chi connectivity index (χ1v) is 36.3. The van der Waals surface area contributed by atoms with Crippen molar-refractivity contribution >= 4 is 17.9 Å². The first kappa shape index (κ1) is 81.1. The van der Waals surface area contributed by atoms with Crippen molar-refractivity contribution in [3.05, 3.63) is 11.6 Å². The lowest BCUT2D eigenvalue weighted by Gasteiger charge is -2.63. The molecule has 0 aromatic heterocycles. The molecule has 38 unspecified atom stereocenters. The Bertz CT molecular complexity index is 2950. The summed E-state index contributed by atoms with van der Waals surface area (Å²) >= 11 is 0. The van der Waals surface area contributed by atoms with E-state index in [0.29, 0.717) is 44.9 Å². The number of allylic oxidation sites excluding steroid dienone is 2. The second-order valence-corrected chi connectivity index (χ2v) is 32.0. The maximum absolute atomic E-state index is 15.2. The van der Waals surface area contributed by atoms with Gasteiger partial charge in [-0.3, -0.25) is 14.4 Å². The van der Waals surface area contributed by atoms with Crippen LogP contribution >= 0.6 is 0 Å². The van der Waals surface area contributed by atoms with E-state index in [1.54, 1.807) is 0 Å². The molecule has 10 fully saturated rings. The minimum absolute atomic E-state index is 0.0944. The molecule has 13 N–H and O–H groups in total. The molecule has 38 atom stereocenters. The van der Waals surface area contributed by atoms with E-state index in [9.17, 15) is 76.0 Å². The van der Waals surface area contributed by atoms with E-state index in [4.69, 9.17) is 80.5 Å². The van der Waals surface area contributed by atoms with Crippen LogP contribution in [0.2, 0.25) is 0 Å². The highest BCUT2D eigenvalue weighted by molar-refractivity contribution is 5.84. The summed E-state index contributed by atoms with van der Waals surface area (Å²) in [5, 5.41) is 146. The number of fused-ring (bicyclic) bond motifs is 4. The third-order valence-electron chi connectivity index (χ3n) is 25.1. The fraction of sp³-hybridized carbons (Fsp3) is 0.929. The smallest absolute Gasteiger partial charge is 0.314 e. The molecular formula is C70H112O33. The van der Waals surface area contributed by atoms with E-state index in [1.807, 2.05) is 6.92 Å². The van der Waals surface area contributed by atoms with Crippen molar-refractivity contribution in [1.82, 2.24) is 0 Å². The number of esters is 3. The van der Waals surface area contributed by atoms with Gasteiger partial charge in [-0.05, 0) is 106 Å². The van der Waals surface area contributed by atoms with E-state index < -0.39 is 268 Å². The Kier molecular flexibility index (Phi) is 24.8. The topological polar surface area (TPSA) is 471 Å². The van der Waals surface area contributed by atoms with Crippen LogP contribution < -0.4 is 0 Å². The number of methoxy groups -OCH3 is 2. The van der Waals surface area contributed by atoms with Crippen LogP contribution in [0.5, 0.6) is 0 Å². The van der Waals surface area contributed by atoms with Crippen molar-refractivity contribution in [1.29, 1.82) is 0 Å². The molecule has 11 rings (SSSR count). The van der Waals surface area contributed by atoms with Gasteiger partial charge in [0.2, 0.25) is 0 Å². The summed E-state index contributed by atoms with van der Waals surface area (Å²) in [4.78, 5) is 41.1. The van der Waals surface area contributed by atoms with Gasteiger partial charge in [0.05, 0.1) is 56.1 Å². The summed E-state index contributed by atoms with van der Waals surface area (Å²) in [6.07, 6.45) is -40.8. The molecule has 590 valence electrons. The fourth-order valence-corrected chi connectivity index (χ4v) is 19.7. The molecule has 3 saturated carbocycles. The molecule has 33 heteroatoms. The molecule has 0 aromatic carbocycles. The maximum Gasteiger partial charge on any atom is 0.314 e. The van der Waals surface area contributed by atoms with Gasteiger partial charge in [0.15, 0.2) is 43.3 Å². The molecule has 1 spiro atoms. The summed E-state index contributed by atoms with van der Waals surface area (Å²) in [6.45, 7) is 17.6. The van der Waals surface area contributed by atoms with Crippen LogP contribution in [0.15, 0.2) is 11.6 Å². The Balaban J connectivity index is 0.841. The highest BCUT2D eigenvalue weighted by Gasteiger charge is 2.81. The largest absolute Gasteiger partial charge is 0.462 e. The molecule has 103 heavy (non-hydrogen) atoms. The van der Waals surface area contributed by atoms with Crippen LogP contribution in [0.25, 0.3) is 0 Å². The normalized spacial score (nSPS) is 50.8. The number of aliphatic hydroxyl groups excluding tert-OH is 13. The number of hydrogen-bond acceptors (Lipinski definition) is 33. The maximum atomic E-state index is 15.2. The van der Waals surface area contributed by atoms with Crippen molar-refractivity contribution in [2.75, 3.05) is 40.6 Å². The second-order valence-electron chi connectivity index (χ2n) is 32.0. The first-order valence-electron chi connectivity index (χ1n) is 36.3. The van der Waals surface area contributed by atoms with Crippen LogP contribution in [0, 0.1) is 45.3 Å². The van der Waals surface area contributed by atoms with Gasteiger partial charge in [0.1, 0.15) is 134 Å². The van der Waals surface area contributed by atoms with Crippen molar-refractivity contribution < 1.29 is 161 Å². The molecule has 0 radical (unpaired) electrons. The molecular weight excluding hydrogens is 1370 g/mol. The van der Waals surface area contributed by atoms with Gasteiger partial charge in [0, 0.05) is 28.1 Å². The lowest BCUT2D eigenvalue weighted by Crippen LogP contribution is -2.66. The van der Waals surface area contributed by atoms with Gasteiger partial charge in [-0.2, -0.15) is 0 Å². The molecule has 4 aliphatic carbocycles. The number of cyclic esters (lactones) is 1. The average molecular weight is 1480 g/mol. The highest BCUT2D eigenvalue weighted by Crippen LogP contribution is 2.77. The molecule has 0 amide bonds. The van der Waals surface area contributed by atoms with Gasteiger partial charge >= 0.3 is 17.9 Å². The van der Waals surface area contributed by atoms with Crippen LogP contribution in [0.3, 0.4) is 0 Å². The zero-order valence-corrected chi connectivity index (χ0v) is 60.7. The quantitative estimate of drug-likeness (QED) is 0.0236. The standard InChI is InChI=1S/C70H112O33/c1-27(2)14-17-41(94-31(6)74)69(11)58-35(93-30(5)73)22-68(10)33-15-16-39-66(7,8)40(19-20-67(39,9)32(33)18-21-70(58,68)65(86)103-69)98-64-57(45(79)38(26-90-64)97-61-51(85)56(42(76)28(3)91-61)101-63-50(84)55(88-13)44(78)37(24-72)96-63)102-60-47(81)46(80)52(29(4)92-60)99-59-48(82)53(34(75)25-89-59)100-62-49(83)54(87-12)43(77)36(23-71)95-62/h18,27-29,33-64,71-72,75-85H,14-17,19-26H2,1-13H3. The van der Waals surface area contributed by atoms with E-state index in [-0.39, 0.29) is 24.2 Å². The third-order valence-corrected chi connectivity index (χ3v) is 25.1. The molecule has 33 nitrogen and oxygen atoms in total. The van der Waals surface area contributed by atoms with Crippen molar-refractivity contribution in [3.8, 4) is 0 Å². The second kappa shape index (κ2) is 31.4. The summed E-state index contributed by atoms with van der Waals surface area (Å²) in [5.41, 5.74) is -3.29. The Labute approximate surface area is 598 Å². The zero-order chi connectivity index (χ0) is 75.2. The summed E-state index contributed by atoms with van der Waals surface area (Å²) in [7, 11) is 2.41. The molecule has 0 bridgehead atoms. The molecule has 0 aromatic rings. The Morgan fingerprint density at radius 3 is 1.71 bits per heavy atom. The predicted octanol–water partition coefficient (Wildman–Crippen LogP) is -2.26. The van der Waals surface area contributed by atoms with Crippen LogP contribution in [-0.2, 0) is 94.9 Å². The number of hydrogen-bond donors (Lipinski definition) is 13. The van der Waals surface area contributed by atoms with E-state index in [1.165, 1.54) is 47.5 Å². The van der Waals surface area contributed by atoms with Gasteiger partial charge in [-0.25, -0.2) is 0 Å². The molecule has 7 saturated heterocycles. The highest BCUT2D eigenvalue weighted by atomic mass is 16.8. The predicted molar refractivity (Wildman–Crippen MR) is 345 cm³/mol. The number of aliphatic hydroxyl groups is 13. The zero-order valence-electron chi connectivity index (χ0n) is 60.7. The van der Waals surface area contributed by atoms with Crippen LogP contribution in [0.4, 0.5) is 0 Å². The number of ether oxygens (including phenoxy) is 17. The van der Waals surface area contributed by atoms with E-state index in [2.05, 4.69) is 47.6 Å². The van der Waals surface area contributed by atoms with Crippen molar-refractivity contribution in [2.45, 2.75) is 323 Å². The van der Waals surface area contributed by atoms with Gasteiger partial charge < -0.3 is 147 Å². The van der Waals surface area contributed by atoms with Crippen LogP contribution in [-0.4, -0.2) is 321 Å². The minimum Gasteiger partial charge on any atom is -0.462 e. The molecule has 7 heterocycles. The Hall–Kier alpha value is -2.93. The van der Waals surface area contributed by atoms with Gasteiger partial charge in [-0.1, -0.05) is 53.2 Å². The SMILES string of the molecule is COC1C(O)C(CO)OC(OC2C(O)COC(OC3C(C)OC(OC4C(OC5CCC6(C)C7=CCC89C(=O)OC(C)(C(CCC(C)C)OC(C)=O)C8C(OC(C)=O)CC9(C)C7CCC6C5(C)C)OCC(OC5OC(C)C(O)C(OC6OC(CO)C(O)C(OC)C6O)C5O)C4O)C(O)C3O)C2O)C1O. The first-order chi connectivity index (χ1) is 48.5. The molecule has 11 aliphatic rings. The number of rotatable bonds is 22. The molecule has 7 aliphatic heterocycles. The minimum atomic E-state index is -2.02. The summed E-state index contributed by atoms with van der Waals surface area (Å²) in [5.74, 6) is -2.11. The van der Waals surface area contributed by atoms with Gasteiger partial charge in [-0.15, -0.1) is 0 Å². The fourth-order valence-electron chi connectivity index (χ4n) is 19.7. The monoisotopic (exact) mass is 1480 g/mol. The van der Waals surface area contributed by atoms with E-state index in [0.717, 1.165) is 0 Å². The average Bonchev–Trinajstić information content (AvgIpc) is 1.50.